The molecule has 2 aromatic carbocycles. The highest BCUT2D eigenvalue weighted by molar-refractivity contribution is 6.00. The molecule has 7 N–H and O–H groups in total. The number of hydrogen-bond acceptors (Lipinski definition) is 6. The number of carbonyl (C=O) groups excluding carboxylic acids is 3. The third kappa shape index (κ3) is 7.74. The van der Waals surface area contributed by atoms with Crippen molar-refractivity contribution >= 4 is 34.2 Å². The monoisotopic (exact) mass is 530 g/mol. The summed E-state index contributed by atoms with van der Waals surface area (Å²) < 4.78 is 0. The van der Waals surface area contributed by atoms with Crippen LogP contribution in [-0.4, -0.2) is 55.8 Å². The molecule has 0 saturated heterocycles. The molecule has 39 heavy (non-hydrogen) atoms. The molecule has 0 aliphatic heterocycles. The number of amides is 3. The molecule has 0 unspecified atom stereocenters. The summed E-state index contributed by atoms with van der Waals surface area (Å²) in [6.45, 7) is 3.90. The van der Waals surface area contributed by atoms with Crippen molar-refractivity contribution in [2.24, 2.45) is 11.7 Å². The molecule has 3 atom stereocenters. The Morgan fingerprint density at radius 2 is 1.46 bits per heavy atom. The van der Waals surface area contributed by atoms with Gasteiger partial charge in [0.05, 0.1) is 18.7 Å². The summed E-state index contributed by atoms with van der Waals surface area (Å²) in [7, 11) is 0. The fourth-order valence-corrected chi connectivity index (χ4v) is 4.30. The van der Waals surface area contributed by atoms with Crippen LogP contribution in [0, 0.1) is 5.92 Å². The van der Waals surface area contributed by atoms with Gasteiger partial charge in [-0.05, 0) is 35.2 Å². The molecule has 0 fully saturated rings. The lowest BCUT2D eigenvalue weighted by Gasteiger charge is -2.25. The fraction of sp³-hybridized carbons (Fsp3) is 0.321. The van der Waals surface area contributed by atoms with Crippen LogP contribution in [0.1, 0.15) is 31.7 Å². The van der Waals surface area contributed by atoms with E-state index in [2.05, 4.69) is 35.9 Å². The lowest BCUT2D eigenvalue weighted by Crippen LogP contribution is -2.56. The van der Waals surface area contributed by atoms with E-state index in [0.29, 0.717) is 23.5 Å². The van der Waals surface area contributed by atoms with Gasteiger partial charge >= 0.3 is 0 Å². The van der Waals surface area contributed by atoms with Crippen molar-refractivity contribution in [3.05, 3.63) is 78.9 Å². The number of hydrogen-bond donors (Lipinski definition) is 6. The average molecular weight is 531 g/mol. The SMILES string of the molecule is CC(C)C[C@H](NC(=O)[C@@H](N)Cc1cnc[nH]1)C(=O)N[C@@H](Cc1cnc[nH]1)C(=O)Nc1ccc2ccccc2c1. The van der Waals surface area contributed by atoms with Gasteiger partial charge in [-0.2, -0.15) is 0 Å². The highest BCUT2D eigenvalue weighted by Crippen LogP contribution is 2.19. The molecule has 204 valence electrons. The van der Waals surface area contributed by atoms with Crippen LogP contribution in [0.15, 0.2) is 67.5 Å². The Morgan fingerprint density at radius 1 is 0.821 bits per heavy atom. The number of benzene rings is 2. The third-order valence-corrected chi connectivity index (χ3v) is 6.30. The number of imidazole rings is 2. The van der Waals surface area contributed by atoms with Crippen molar-refractivity contribution in [1.82, 2.24) is 30.6 Å². The minimum Gasteiger partial charge on any atom is -0.348 e. The lowest BCUT2D eigenvalue weighted by molar-refractivity contribution is -0.131. The summed E-state index contributed by atoms with van der Waals surface area (Å²) in [5.41, 5.74) is 8.09. The first kappa shape index (κ1) is 27.5. The summed E-state index contributed by atoms with van der Waals surface area (Å²) in [5, 5.41) is 10.6. The van der Waals surface area contributed by atoms with Gasteiger partial charge in [0.15, 0.2) is 0 Å². The molecule has 0 saturated carbocycles. The maximum atomic E-state index is 13.4. The van der Waals surface area contributed by atoms with Crippen LogP contribution in [0.5, 0.6) is 0 Å². The molecule has 0 aliphatic carbocycles. The molecule has 4 rings (SSSR count). The van der Waals surface area contributed by atoms with E-state index in [9.17, 15) is 14.4 Å². The Labute approximate surface area is 226 Å². The van der Waals surface area contributed by atoms with Gasteiger partial charge in [0, 0.05) is 42.3 Å². The van der Waals surface area contributed by atoms with Gasteiger partial charge in [0.25, 0.3) is 0 Å². The summed E-state index contributed by atoms with van der Waals surface area (Å²) in [5.74, 6) is -1.22. The predicted octanol–water partition coefficient (Wildman–Crippen LogP) is 2.05. The normalized spacial score (nSPS) is 13.5. The Hall–Kier alpha value is -4.51. The molecule has 11 nitrogen and oxygen atoms in total. The maximum absolute atomic E-state index is 13.4. The van der Waals surface area contributed by atoms with Gasteiger partial charge in [-0.25, -0.2) is 9.97 Å². The van der Waals surface area contributed by atoms with E-state index in [1.54, 1.807) is 12.4 Å². The van der Waals surface area contributed by atoms with Gasteiger partial charge in [-0.1, -0.05) is 44.2 Å². The number of aromatic amines is 2. The summed E-state index contributed by atoms with van der Waals surface area (Å²) in [4.78, 5) is 53.5. The zero-order chi connectivity index (χ0) is 27.8. The van der Waals surface area contributed by atoms with Gasteiger partial charge < -0.3 is 31.7 Å². The van der Waals surface area contributed by atoms with E-state index in [0.717, 1.165) is 10.8 Å². The average Bonchev–Trinajstić information content (AvgIpc) is 3.62. The van der Waals surface area contributed by atoms with Crippen LogP contribution in [-0.2, 0) is 27.2 Å². The number of anilines is 1. The van der Waals surface area contributed by atoms with E-state index in [1.165, 1.54) is 12.7 Å². The number of aromatic nitrogens is 4. The second-order valence-corrected chi connectivity index (χ2v) is 9.97. The van der Waals surface area contributed by atoms with Crippen molar-refractivity contribution in [3.63, 3.8) is 0 Å². The third-order valence-electron chi connectivity index (χ3n) is 6.30. The Bertz CT molecular complexity index is 1390. The number of nitrogens with two attached hydrogens (primary N) is 1. The van der Waals surface area contributed by atoms with Gasteiger partial charge in [0.2, 0.25) is 17.7 Å². The lowest BCUT2D eigenvalue weighted by atomic mass is 10.0. The van der Waals surface area contributed by atoms with Gasteiger partial charge in [-0.3, -0.25) is 14.4 Å². The minimum absolute atomic E-state index is 0.0994. The number of nitrogens with one attached hydrogen (secondary N) is 5. The van der Waals surface area contributed by atoms with Crippen LogP contribution < -0.4 is 21.7 Å². The molecule has 0 bridgehead atoms. The summed E-state index contributed by atoms with van der Waals surface area (Å²) in [6, 6.07) is 10.8. The summed E-state index contributed by atoms with van der Waals surface area (Å²) in [6.07, 6.45) is 7.03. The zero-order valence-electron chi connectivity index (χ0n) is 22.0. The van der Waals surface area contributed by atoms with Crippen LogP contribution >= 0.6 is 0 Å². The van der Waals surface area contributed by atoms with Crippen LogP contribution in [0.25, 0.3) is 10.8 Å². The molecule has 4 aromatic rings. The van der Waals surface area contributed by atoms with Crippen molar-refractivity contribution in [2.75, 3.05) is 5.32 Å². The first-order valence-electron chi connectivity index (χ1n) is 12.9. The van der Waals surface area contributed by atoms with E-state index in [1.807, 2.05) is 56.3 Å². The quantitative estimate of drug-likeness (QED) is 0.164. The minimum atomic E-state index is -0.922. The number of rotatable bonds is 12. The van der Waals surface area contributed by atoms with E-state index in [4.69, 9.17) is 5.73 Å². The zero-order valence-corrected chi connectivity index (χ0v) is 22.0. The van der Waals surface area contributed by atoms with Crippen molar-refractivity contribution in [3.8, 4) is 0 Å². The Morgan fingerprint density at radius 3 is 2.10 bits per heavy atom. The summed E-state index contributed by atoms with van der Waals surface area (Å²) >= 11 is 0. The molecule has 11 heteroatoms. The first-order valence-corrected chi connectivity index (χ1v) is 12.9. The highest BCUT2D eigenvalue weighted by Gasteiger charge is 2.29. The van der Waals surface area contributed by atoms with Gasteiger partial charge in [0.1, 0.15) is 12.1 Å². The van der Waals surface area contributed by atoms with Crippen molar-refractivity contribution < 1.29 is 14.4 Å². The van der Waals surface area contributed by atoms with Gasteiger partial charge in [-0.15, -0.1) is 0 Å². The molecular formula is C28H34N8O3. The largest absolute Gasteiger partial charge is 0.348 e. The second-order valence-electron chi connectivity index (χ2n) is 9.97. The van der Waals surface area contributed by atoms with E-state index >= 15 is 0 Å². The first-order chi connectivity index (χ1) is 18.8. The highest BCUT2D eigenvalue weighted by atomic mass is 16.2. The van der Waals surface area contributed by atoms with Crippen molar-refractivity contribution in [2.45, 2.75) is 51.2 Å². The number of fused-ring (bicyclic) bond motifs is 1. The Kier molecular flexibility index (Phi) is 9.06. The fourth-order valence-electron chi connectivity index (χ4n) is 4.30. The number of carbonyl (C=O) groups is 3. The maximum Gasteiger partial charge on any atom is 0.247 e. The molecule has 3 amide bonds. The second kappa shape index (κ2) is 12.8. The van der Waals surface area contributed by atoms with Crippen LogP contribution in [0.3, 0.4) is 0 Å². The molecule has 0 spiro atoms. The molecular weight excluding hydrogens is 496 g/mol. The standard InChI is InChI=1S/C28H34N8O3/c1-17(2)9-24(35-26(37)23(29)11-21-13-30-15-32-21)28(39)36-25(12-22-14-31-16-33-22)27(38)34-20-8-7-18-5-3-4-6-19(18)10-20/h3-8,10,13-17,23-25H,9,11-12,29H2,1-2H3,(H,30,32)(H,31,33)(H,34,38)(H,35,37)(H,36,39)/t23-,24-,25-/m0/s1. The van der Waals surface area contributed by atoms with E-state index < -0.39 is 29.9 Å². The molecule has 2 aromatic heterocycles. The molecule has 2 heterocycles. The smallest absolute Gasteiger partial charge is 0.247 e. The Balaban J connectivity index is 1.47. The number of nitrogens with zero attached hydrogens (tertiary/aromatic N) is 2. The molecule has 0 aliphatic rings. The topological polar surface area (TPSA) is 171 Å². The number of H-pyrrole nitrogens is 2. The predicted molar refractivity (Wildman–Crippen MR) is 148 cm³/mol. The molecule has 0 radical (unpaired) electrons. The van der Waals surface area contributed by atoms with Crippen LogP contribution in [0.2, 0.25) is 0 Å². The van der Waals surface area contributed by atoms with E-state index in [-0.39, 0.29) is 24.7 Å². The van der Waals surface area contributed by atoms with Crippen molar-refractivity contribution in [1.29, 1.82) is 0 Å². The van der Waals surface area contributed by atoms with Crippen LogP contribution in [0.4, 0.5) is 5.69 Å².